The molecule has 1 nitrogen and oxygen atoms in total. The summed E-state index contributed by atoms with van der Waals surface area (Å²) >= 11 is 0. The number of hydrogen-bond donors (Lipinski definition) is 1. The van der Waals surface area contributed by atoms with E-state index in [1.165, 1.54) is 32.1 Å². The Balaban J connectivity index is 2.38. The van der Waals surface area contributed by atoms with Crippen LogP contribution in [0, 0.1) is 11.3 Å². The molecule has 1 aliphatic carbocycles. The second kappa shape index (κ2) is 5.55. The fraction of sp³-hybridized carbons (Fsp3) is 0.846. The van der Waals surface area contributed by atoms with E-state index in [9.17, 15) is 0 Å². The number of rotatable bonds is 6. The molecular formula is C13H25N. The average molecular weight is 195 g/mol. The molecule has 1 heteroatoms. The first-order valence-corrected chi connectivity index (χ1v) is 6.04. The molecule has 1 saturated carbocycles. The molecule has 0 saturated heterocycles. The van der Waals surface area contributed by atoms with E-state index < -0.39 is 0 Å². The zero-order valence-electron chi connectivity index (χ0n) is 9.81. The molecule has 1 N–H and O–H groups in total. The largest absolute Gasteiger partial charge is 0.316 e. The third kappa shape index (κ3) is 3.45. The van der Waals surface area contributed by atoms with Crippen molar-refractivity contribution in [2.24, 2.45) is 11.3 Å². The summed E-state index contributed by atoms with van der Waals surface area (Å²) in [7, 11) is 0. The maximum absolute atomic E-state index is 3.99. The van der Waals surface area contributed by atoms with E-state index in [1.54, 1.807) is 0 Å². The van der Waals surface area contributed by atoms with Crippen molar-refractivity contribution >= 4 is 0 Å². The van der Waals surface area contributed by atoms with E-state index in [0.29, 0.717) is 5.41 Å². The normalized spacial score (nSPS) is 22.1. The highest BCUT2D eigenvalue weighted by Gasteiger charge is 2.26. The minimum Gasteiger partial charge on any atom is -0.316 e. The molecule has 0 amide bonds. The first-order valence-electron chi connectivity index (χ1n) is 6.04. The minimum atomic E-state index is 0.311. The Morgan fingerprint density at radius 3 is 2.57 bits per heavy atom. The standard InChI is InChI=1S/C13H25N/c1-4-13(3,11-14-5-2)10-12-8-6-7-9-12/h4,12,14H,1,5-11H2,2-3H3. The summed E-state index contributed by atoms with van der Waals surface area (Å²) in [6.45, 7) is 10.6. The molecule has 14 heavy (non-hydrogen) atoms. The van der Waals surface area contributed by atoms with Crippen molar-refractivity contribution in [2.75, 3.05) is 13.1 Å². The summed E-state index contributed by atoms with van der Waals surface area (Å²) in [5.74, 6) is 0.955. The molecule has 82 valence electrons. The smallest absolute Gasteiger partial charge is 0.00397 e. The van der Waals surface area contributed by atoms with Crippen molar-refractivity contribution in [3.05, 3.63) is 12.7 Å². The lowest BCUT2D eigenvalue weighted by Gasteiger charge is -2.29. The molecule has 1 unspecified atom stereocenters. The summed E-state index contributed by atoms with van der Waals surface area (Å²) in [6.07, 6.45) is 9.24. The fourth-order valence-electron chi connectivity index (χ4n) is 2.51. The molecule has 1 aliphatic rings. The fourth-order valence-corrected chi connectivity index (χ4v) is 2.51. The second-order valence-corrected chi connectivity index (χ2v) is 4.99. The lowest BCUT2D eigenvalue weighted by molar-refractivity contribution is 0.297. The third-order valence-corrected chi connectivity index (χ3v) is 3.50. The van der Waals surface area contributed by atoms with Crippen LogP contribution in [0.5, 0.6) is 0 Å². The van der Waals surface area contributed by atoms with Gasteiger partial charge in [-0.3, -0.25) is 0 Å². The van der Waals surface area contributed by atoms with Crippen LogP contribution in [0.4, 0.5) is 0 Å². The molecule has 0 heterocycles. The molecule has 0 bridgehead atoms. The molecule has 0 aromatic carbocycles. The van der Waals surface area contributed by atoms with Gasteiger partial charge in [0.2, 0.25) is 0 Å². The van der Waals surface area contributed by atoms with Gasteiger partial charge in [0.1, 0.15) is 0 Å². The van der Waals surface area contributed by atoms with Gasteiger partial charge in [0.25, 0.3) is 0 Å². The van der Waals surface area contributed by atoms with Crippen molar-refractivity contribution in [3.8, 4) is 0 Å². The summed E-state index contributed by atoms with van der Waals surface area (Å²) in [5, 5.41) is 3.44. The first-order chi connectivity index (χ1) is 6.70. The van der Waals surface area contributed by atoms with Crippen molar-refractivity contribution in [3.63, 3.8) is 0 Å². The molecule has 0 radical (unpaired) electrons. The van der Waals surface area contributed by atoms with E-state index in [4.69, 9.17) is 0 Å². The molecule has 1 fully saturated rings. The molecule has 1 rings (SSSR count). The van der Waals surface area contributed by atoms with E-state index in [0.717, 1.165) is 19.0 Å². The van der Waals surface area contributed by atoms with Gasteiger partial charge in [-0.25, -0.2) is 0 Å². The average Bonchev–Trinajstić information content (AvgIpc) is 2.67. The predicted molar refractivity (Wildman–Crippen MR) is 63.4 cm³/mol. The summed E-state index contributed by atoms with van der Waals surface area (Å²) in [5.41, 5.74) is 0.311. The third-order valence-electron chi connectivity index (χ3n) is 3.50. The van der Waals surface area contributed by atoms with E-state index in [2.05, 4.69) is 31.8 Å². The van der Waals surface area contributed by atoms with Crippen LogP contribution in [0.25, 0.3) is 0 Å². The van der Waals surface area contributed by atoms with Gasteiger partial charge >= 0.3 is 0 Å². The Morgan fingerprint density at radius 1 is 1.43 bits per heavy atom. The lowest BCUT2D eigenvalue weighted by atomic mass is 9.80. The van der Waals surface area contributed by atoms with Crippen molar-refractivity contribution in [2.45, 2.75) is 46.0 Å². The van der Waals surface area contributed by atoms with Crippen LogP contribution in [0.15, 0.2) is 12.7 Å². The van der Waals surface area contributed by atoms with Gasteiger partial charge in [-0.1, -0.05) is 45.6 Å². The highest BCUT2D eigenvalue weighted by molar-refractivity contribution is 4.95. The summed E-state index contributed by atoms with van der Waals surface area (Å²) < 4.78 is 0. The SMILES string of the molecule is C=CC(C)(CNCC)CC1CCCC1. The van der Waals surface area contributed by atoms with Crippen molar-refractivity contribution < 1.29 is 0 Å². The van der Waals surface area contributed by atoms with Crippen LogP contribution in [-0.2, 0) is 0 Å². The molecule has 0 spiro atoms. The first kappa shape index (κ1) is 11.8. The Bertz CT molecular complexity index is 170. The molecule has 0 aromatic rings. The topological polar surface area (TPSA) is 12.0 Å². The second-order valence-electron chi connectivity index (χ2n) is 4.99. The van der Waals surface area contributed by atoms with Gasteiger partial charge in [-0.2, -0.15) is 0 Å². The van der Waals surface area contributed by atoms with Gasteiger partial charge < -0.3 is 5.32 Å². The zero-order valence-corrected chi connectivity index (χ0v) is 9.81. The van der Waals surface area contributed by atoms with Gasteiger partial charge in [-0.05, 0) is 24.3 Å². The Morgan fingerprint density at radius 2 is 2.07 bits per heavy atom. The van der Waals surface area contributed by atoms with E-state index >= 15 is 0 Å². The van der Waals surface area contributed by atoms with Crippen LogP contribution in [0.2, 0.25) is 0 Å². The van der Waals surface area contributed by atoms with Crippen LogP contribution in [0.3, 0.4) is 0 Å². The molecule has 1 atom stereocenters. The molecule has 0 aliphatic heterocycles. The van der Waals surface area contributed by atoms with Gasteiger partial charge in [0.05, 0.1) is 0 Å². The maximum atomic E-state index is 3.99. The Kier molecular flexibility index (Phi) is 4.67. The van der Waals surface area contributed by atoms with Crippen LogP contribution in [-0.4, -0.2) is 13.1 Å². The summed E-state index contributed by atoms with van der Waals surface area (Å²) in [4.78, 5) is 0. The van der Waals surface area contributed by atoms with Crippen molar-refractivity contribution in [1.29, 1.82) is 0 Å². The summed E-state index contributed by atoms with van der Waals surface area (Å²) in [6, 6.07) is 0. The van der Waals surface area contributed by atoms with Gasteiger partial charge in [0.15, 0.2) is 0 Å². The number of nitrogens with one attached hydrogen (secondary N) is 1. The van der Waals surface area contributed by atoms with Crippen LogP contribution < -0.4 is 5.32 Å². The maximum Gasteiger partial charge on any atom is 0.00397 e. The molecule has 0 aromatic heterocycles. The van der Waals surface area contributed by atoms with Crippen molar-refractivity contribution in [1.82, 2.24) is 5.32 Å². The Hall–Kier alpha value is -0.300. The van der Waals surface area contributed by atoms with Crippen LogP contribution >= 0.6 is 0 Å². The van der Waals surface area contributed by atoms with E-state index in [1.807, 2.05) is 0 Å². The molecular weight excluding hydrogens is 170 g/mol. The Labute approximate surface area is 89.0 Å². The monoisotopic (exact) mass is 195 g/mol. The lowest BCUT2D eigenvalue weighted by Crippen LogP contribution is -2.31. The zero-order chi connectivity index (χ0) is 10.4. The highest BCUT2D eigenvalue weighted by atomic mass is 14.9. The quantitative estimate of drug-likeness (QED) is 0.641. The van der Waals surface area contributed by atoms with Gasteiger partial charge in [-0.15, -0.1) is 6.58 Å². The highest BCUT2D eigenvalue weighted by Crippen LogP contribution is 2.36. The number of hydrogen-bond acceptors (Lipinski definition) is 1. The van der Waals surface area contributed by atoms with Crippen LogP contribution in [0.1, 0.15) is 46.0 Å². The predicted octanol–water partition coefficient (Wildman–Crippen LogP) is 3.37. The van der Waals surface area contributed by atoms with E-state index in [-0.39, 0.29) is 0 Å². The van der Waals surface area contributed by atoms with Gasteiger partial charge in [0, 0.05) is 6.54 Å². The minimum absolute atomic E-state index is 0.311.